The van der Waals surface area contributed by atoms with Crippen molar-refractivity contribution in [3.05, 3.63) is 29.0 Å². The van der Waals surface area contributed by atoms with Crippen LogP contribution in [0.25, 0.3) is 0 Å². The topological polar surface area (TPSA) is 77.5 Å². The number of nitrogens with zero attached hydrogens (tertiary/aromatic N) is 1. The Morgan fingerprint density at radius 3 is 2.50 bits per heavy atom. The number of methoxy groups -OCH3 is 1. The molecular weight excluding hydrogens is 284 g/mol. The number of pyridine rings is 1. The minimum absolute atomic E-state index is 0.211. The Morgan fingerprint density at radius 2 is 2.00 bits per heavy atom. The number of aromatic nitrogens is 1. The van der Waals surface area contributed by atoms with Crippen molar-refractivity contribution in [1.82, 2.24) is 10.3 Å². The van der Waals surface area contributed by atoms with Crippen LogP contribution in [0.5, 0.6) is 0 Å². The normalized spacial score (nSPS) is 12.4. The molecule has 0 aliphatic heterocycles. The largest absolute Gasteiger partial charge is 0.467 e. The molecule has 0 aliphatic carbocycles. The van der Waals surface area contributed by atoms with E-state index >= 15 is 0 Å². The molecule has 0 saturated carbocycles. The number of nitrogens with one attached hydrogen (secondary N) is 1. The summed E-state index contributed by atoms with van der Waals surface area (Å²) in [4.78, 5) is 27.5. The van der Waals surface area contributed by atoms with Gasteiger partial charge in [-0.1, -0.05) is 17.7 Å². The van der Waals surface area contributed by atoms with Gasteiger partial charge < -0.3 is 14.8 Å². The van der Waals surface area contributed by atoms with Crippen LogP contribution in [-0.4, -0.2) is 29.8 Å². The van der Waals surface area contributed by atoms with E-state index in [1.54, 1.807) is 39.0 Å². The molecule has 1 N–H and O–H groups in total. The molecule has 1 atom stereocenters. The average Bonchev–Trinajstić information content (AvgIpc) is 2.33. The smallest absolute Gasteiger partial charge is 0.408 e. The van der Waals surface area contributed by atoms with E-state index in [0.717, 1.165) is 0 Å². The standard InChI is InChI=1S/C13H17ClN2O4/c1-13(2,3)20-12(18)16-10(11(17)19-4)8-6-5-7-9(14)15-8/h5-7,10H,1-4H3,(H,16,18). The van der Waals surface area contributed by atoms with Gasteiger partial charge >= 0.3 is 12.1 Å². The maximum absolute atomic E-state index is 11.7. The quantitative estimate of drug-likeness (QED) is 0.685. The summed E-state index contributed by atoms with van der Waals surface area (Å²) in [7, 11) is 1.22. The third kappa shape index (κ3) is 5.05. The van der Waals surface area contributed by atoms with Crippen molar-refractivity contribution < 1.29 is 19.1 Å². The van der Waals surface area contributed by atoms with Gasteiger partial charge in [0.2, 0.25) is 0 Å². The molecule has 1 unspecified atom stereocenters. The third-order valence-electron chi connectivity index (χ3n) is 2.13. The van der Waals surface area contributed by atoms with E-state index in [-0.39, 0.29) is 10.8 Å². The highest BCUT2D eigenvalue weighted by molar-refractivity contribution is 6.29. The van der Waals surface area contributed by atoms with Crippen LogP contribution >= 0.6 is 11.6 Å². The Balaban J connectivity index is 2.91. The Morgan fingerprint density at radius 1 is 1.35 bits per heavy atom. The van der Waals surface area contributed by atoms with Crippen LogP contribution in [0.1, 0.15) is 32.5 Å². The predicted octanol–water partition coefficient (Wildman–Crippen LogP) is 2.47. The monoisotopic (exact) mass is 300 g/mol. The van der Waals surface area contributed by atoms with Crippen molar-refractivity contribution in [1.29, 1.82) is 0 Å². The average molecular weight is 301 g/mol. The Kier molecular flexibility index (Phi) is 5.33. The van der Waals surface area contributed by atoms with Gasteiger partial charge in [0.1, 0.15) is 10.8 Å². The number of amides is 1. The number of carbonyl (C=O) groups excluding carboxylic acids is 2. The summed E-state index contributed by atoms with van der Waals surface area (Å²) in [5, 5.41) is 2.62. The number of esters is 1. The zero-order chi connectivity index (χ0) is 15.3. The van der Waals surface area contributed by atoms with Gasteiger partial charge in [-0.3, -0.25) is 0 Å². The fourth-order valence-corrected chi connectivity index (χ4v) is 1.55. The molecule has 0 radical (unpaired) electrons. The number of alkyl carbamates (subject to hydrolysis) is 1. The maximum Gasteiger partial charge on any atom is 0.408 e. The number of halogens is 1. The minimum Gasteiger partial charge on any atom is -0.467 e. The van der Waals surface area contributed by atoms with E-state index in [9.17, 15) is 9.59 Å². The van der Waals surface area contributed by atoms with E-state index in [1.807, 2.05) is 0 Å². The first-order valence-electron chi connectivity index (χ1n) is 5.93. The molecule has 1 amide bonds. The first kappa shape index (κ1) is 16.2. The van der Waals surface area contributed by atoms with E-state index in [0.29, 0.717) is 0 Å². The van der Waals surface area contributed by atoms with Crippen LogP contribution in [0.15, 0.2) is 18.2 Å². The summed E-state index contributed by atoms with van der Waals surface area (Å²) < 4.78 is 9.74. The lowest BCUT2D eigenvalue weighted by Crippen LogP contribution is -2.38. The molecular formula is C13H17ClN2O4. The fraction of sp³-hybridized carbons (Fsp3) is 0.462. The molecule has 20 heavy (non-hydrogen) atoms. The Hall–Kier alpha value is -1.82. The van der Waals surface area contributed by atoms with Crippen molar-refractivity contribution in [3.63, 3.8) is 0 Å². The van der Waals surface area contributed by atoms with Gasteiger partial charge in [-0.25, -0.2) is 14.6 Å². The second kappa shape index (κ2) is 6.56. The number of ether oxygens (including phenoxy) is 2. The fourth-order valence-electron chi connectivity index (χ4n) is 1.38. The molecule has 7 heteroatoms. The van der Waals surface area contributed by atoms with E-state index in [1.165, 1.54) is 7.11 Å². The number of hydrogen-bond acceptors (Lipinski definition) is 5. The first-order chi connectivity index (χ1) is 9.23. The molecule has 1 heterocycles. The summed E-state index contributed by atoms with van der Waals surface area (Å²) in [6, 6.07) is 3.67. The van der Waals surface area contributed by atoms with Crippen molar-refractivity contribution in [3.8, 4) is 0 Å². The molecule has 110 valence electrons. The van der Waals surface area contributed by atoms with E-state index in [2.05, 4.69) is 15.0 Å². The van der Waals surface area contributed by atoms with E-state index < -0.39 is 23.7 Å². The first-order valence-corrected chi connectivity index (χ1v) is 6.30. The van der Waals surface area contributed by atoms with Gasteiger partial charge in [-0.05, 0) is 32.9 Å². The summed E-state index contributed by atoms with van der Waals surface area (Å²) in [5.74, 6) is -0.661. The van der Waals surface area contributed by atoms with Crippen molar-refractivity contribution in [2.45, 2.75) is 32.4 Å². The van der Waals surface area contributed by atoms with Crippen molar-refractivity contribution in [2.75, 3.05) is 7.11 Å². The maximum atomic E-state index is 11.7. The Labute approximate surface area is 122 Å². The number of hydrogen-bond donors (Lipinski definition) is 1. The molecule has 0 spiro atoms. The van der Waals surface area contributed by atoms with E-state index in [4.69, 9.17) is 16.3 Å². The molecule has 1 aromatic heterocycles. The van der Waals surface area contributed by atoms with Crippen molar-refractivity contribution >= 4 is 23.7 Å². The molecule has 0 saturated heterocycles. The zero-order valence-electron chi connectivity index (χ0n) is 11.8. The minimum atomic E-state index is -1.08. The number of rotatable bonds is 3. The highest BCUT2D eigenvalue weighted by atomic mass is 35.5. The highest BCUT2D eigenvalue weighted by Gasteiger charge is 2.27. The summed E-state index contributed by atoms with van der Waals surface area (Å²) >= 11 is 5.77. The van der Waals surface area contributed by atoms with Gasteiger partial charge in [0.05, 0.1) is 12.8 Å². The molecule has 1 aromatic rings. The molecule has 0 aliphatic rings. The summed E-state index contributed by atoms with van der Waals surface area (Å²) in [6.07, 6.45) is -0.741. The molecule has 0 aromatic carbocycles. The van der Waals surface area contributed by atoms with Gasteiger partial charge in [-0.2, -0.15) is 0 Å². The van der Waals surface area contributed by atoms with Gasteiger partial charge in [-0.15, -0.1) is 0 Å². The van der Waals surface area contributed by atoms with Crippen LogP contribution < -0.4 is 5.32 Å². The van der Waals surface area contributed by atoms with Crippen LogP contribution in [0.2, 0.25) is 5.15 Å². The lowest BCUT2D eigenvalue weighted by atomic mass is 10.2. The van der Waals surface area contributed by atoms with Crippen LogP contribution in [0, 0.1) is 0 Å². The number of carbonyl (C=O) groups is 2. The highest BCUT2D eigenvalue weighted by Crippen LogP contribution is 2.16. The van der Waals surface area contributed by atoms with Crippen LogP contribution in [-0.2, 0) is 14.3 Å². The molecule has 0 bridgehead atoms. The van der Waals surface area contributed by atoms with Crippen LogP contribution in [0.4, 0.5) is 4.79 Å². The second-order valence-corrected chi connectivity index (χ2v) is 5.37. The third-order valence-corrected chi connectivity index (χ3v) is 2.34. The van der Waals surface area contributed by atoms with Crippen molar-refractivity contribution in [2.24, 2.45) is 0 Å². The lowest BCUT2D eigenvalue weighted by molar-refractivity contribution is -0.143. The molecule has 1 rings (SSSR count). The lowest BCUT2D eigenvalue weighted by Gasteiger charge is -2.22. The Bertz CT molecular complexity index is 499. The van der Waals surface area contributed by atoms with Gasteiger partial charge in [0.15, 0.2) is 6.04 Å². The van der Waals surface area contributed by atoms with Crippen LogP contribution in [0.3, 0.4) is 0 Å². The zero-order valence-corrected chi connectivity index (χ0v) is 12.5. The van der Waals surface area contributed by atoms with Gasteiger partial charge in [0, 0.05) is 0 Å². The van der Waals surface area contributed by atoms with Gasteiger partial charge in [0.25, 0.3) is 0 Å². The summed E-state index contributed by atoms with van der Waals surface area (Å²) in [6.45, 7) is 5.16. The second-order valence-electron chi connectivity index (χ2n) is 4.99. The summed E-state index contributed by atoms with van der Waals surface area (Å²) in [5.41, 5.74) is -0.401. The SMILES string of the molecule is COC(=O)C(NC(=O)OC(C)(C)C)c1cccc(Cl)n1. The molecule has 0 fully saturated rings. The predicted molar refractivity (Wildman–Crippen MR) is 73.4 cm³/mol. The molecule has 6 nitrogen and oxygen atoms in total.